The molecule has 2 rings (SSSR count). The summed E-state index contributed by atoms with van der Waals surface area (Å²) in [6.45, 7) is 4.86. The molecule has 0 radical (unpaired) electrons. The van der Waals surface area contributed by atoms with Gasteiger partial charge in [0.2, 0.25) is 0 Å². The molecule has 0 spiro atoms. The maximum Gasteiger partial charge on any atom is 0.255 e. The lowest BCUT2D eigenvalue weighted by molar-refractivity contribution is 0.102. The number of carbonyl (C=O) groups excluding carboxylic acids is 1. The molecule has 1 N–H and O–H groups in total. The number of amides is 1. The fourth-order valence-corrected chi connectivity index (χ4v) is 2.10. The topological polar surface area (TPSA) is 38.3 Å². The van der Waals surface area contributed by atoms with E-state index in [-0.39, 0.29) is 10.9 Å². The van der Waals surface area contributed by atoms with E-state index in [9.17, 15) is 9.18 Å². The fraction of sp³-hybridized carbons (Fsp3) is 0.278. The molecule has 0 aromatic heterocycles. The summed E-state index contributed by atoms with van der Waals surface area (Å²) >= 11 is 5.70. The highest BCUT2D eigenvalue weighted by Crippen LogP contribution is 2.21. The maximum absolute atomic E-state index is 13.1. The van der Waals surface area contributed by atoms with Crippen LogP contribution in [0.2, 0.25) is 5.02 Å². The minimum atomic E-state index is -0.523. The van der Waals surface area contributed by atoms with Gasteiger partial charge in [0, 0.05) is 11.3 Å². The Morgan fingerprint density at radius 1 is 1.26 bits per heavy atom. The smallest absolute Gasteiger partial charge is 0.255 e. The molecule has 23 heavy (non-hydrogen) atoms. The van der Waals surface area contributed by atoms with Crippen LogP contribution in [0.15, 0.2) is 42.5 Å². The van der Waals surface area contributed by atoms with Gasteiger partial charge in [-0.05, 0) is 48.7 Å². The number of nitrogens with one attached hydrogen (secondary N) is 1. The van der Waals surface area contributed by atoms with Crippen molar-refractivity contribution in [3.8, 4) is 5.75 Å². The molecule has 122 valence electrons. The van der Waals surface area contributed by atoms with E-state index in [1.54, 1.807) is 18.2 Å². The molecule has 0 saturated heterocycles. The summed E-state index contributed by atoms with van der Waals surface area (Å²) < 4.78 is 18.8. The first-order chi connectivity index (χ1) is 11.0. The largest absolute Gasteiger partial charge is 0.494 e. The Kier molecular flexibility index (Phi) is 5.99. The summed E-state index contributed by atoms with van der Waals surface area (Å²) in [4.78, 5) is 12.2. The van der Waals surface area contributed by atoms with Gasteiger partial charge in [-0.1, -0.05) is 31.5 Å². The van der Waals surface area contributed by atoms with Crippen LogP contribution in [0.1, 0.15) is 30.6 Å². The predicted molar refractivity (Wildman–Crippen MR) is 90.8 cm³/mol. The molecule has 3 nitrogen and oxygen atoms in total. The zero-order valence-electron chi connectivity index (χ0n) is 13.1. The summed E-state index contributed by atoms with van der Waals surface area (Å²) in [7, 11) is 0. The monoisotopic (exact) mass is 335 g/mol. The summed E-state index contributed by atoms with van der Waals surface area (Å²) in [5.41, 5.74) is 0.903. The molecule has 0 fully saturated rings. The van der Waals surface area contributed by atoms with Gasteiger partial charge in [0.05, 0.1) is 11.6 Å². The van der Waals surface area contributed by atoms with Gasteiger partial charge >= 0.3 is 0 Å². The lowest BCUT2D eigenvalue weighted by atomic mass is 10.1. The molecule has 5 heteroatoms. The molecular weight excluding hydrogens is 317 g/mol. The lowest BCUT2D eigenvalue weighted by Crippen LogP contribution is -2.12. The average molecular weight is 336 g/mol. The first kappa shape index (κ1) is 17.3. The fourth-order valence-electron chi connectivity index (χ4n) is 1.92. The van der Waals surface area contributed by atoms with E-state index < -0.39 is 5.82 Å². The van der Waals surface area contributed by atoms with Crippen molar-refractivity contribution in [1.29, 1.82) is 0 Å². The van der Waals surface area contributed by atoms with Crippen LogP contribution in [0, 0.1) is 11.7 Å². The zero-order valence-corrected chi connectivity index (χ0v) is 13.9. The van der Waals surface area contributed by atoms with Crippen LogP contribution in [0.25, 0.3) is 0 Å². The van der Waals surface area contributed by atoms with Crippen LogP contribution in [0.4, 0.5) is 10.1 Å². The van der Waals surface area contributed by atoms with Crippen molar-refractivity contribution in [3.05, 3.63) is 58.9 Å². The first-order valence-corrected chi connectivity index (χ1v) is 7.83. The van der Waals surface area contributed by atoms with Crippen LogP contribution < -0.4 is 10.1 Å². The van der Waals surface area contributed by atoms with E-state index in [1.807, 2.05) is 6.07 Å². The molecular formula is C18H19ClFNO2. The normalized spacial score (nSPS) is 10.7. The highest BCUT2D eigenvalue weighted by atomic mass is 35.5. The quantitative estimate of drug-likeness (QED) is 0.792. The van der Waals surface area contributed by atoms with Gasteiger partial charge in [0.25, 0.3) is 5.91 Å². The van der Waals surface area contributed by atoms with E-state index in [0.717, 1.165) is 6.42 Å². The van der Waals surface area contributed by atoms with E-state index in [4.69, 9.17) is 16.3 Å². The summed E-state index contributed by atoms with van der Waals surface area (Å²) in [5.74, 6) is 0.382. The van der Waals surface area contributed by atoms with Gasteiger partial charge < -0.3 is 10.1 Å². The van der Waals surface area contributed by atoms with Crippen molar-refractivity contribution in [2.24, 2.45) is 5.92 Å². The molecule has 1 amide bonds. The van der Waals surface area contributed by atoms with Crippen LogP contribution >= 0.6 is 11.6 Å². The Labute approximate surface area is 140 Å². The van der Waals surface area contributed by atoms with Gasteiger partial charge in [-0.25, -0.2) is 4.39 Å². The Hall–Kier alpha value is -2.07. The second-order valence-electron chi connectivity index (χ2n) is 5.64. The third-order valence-electron chi connectivity index (χ3n) is 3.24. The van der Waals surface area contributed by atoms with Crippen molar-refractivity contribution in [3.63, 3.8) is 0 Å². The maximum atomic E-state index is 13.1. The third-order valence-corrected chi connectivity index (χ3v) is 3.53. The second kappa shape index (κ2) is 7.97. The second-order valence-corrected chi connectivity index (χ2v) is 6.05. The molecule has 0 unspecified atom stereocenters. The van der Waals surface area contributed by atoms with Crippen LogP contribution in [-0.2, 0) is 0 Å². The molecule has 2 aromatic carbocycles. The van der Waals surface area contributed by atoms with Crippen molar-refractivity contribution < 1.29 is 13.9 Å². The third kappa shape index (κ3) is 5.25. The highest BCUT2D eigenvalue weighted by Gasteiger charge is 2.09. The minimum absolute atomic E-state index is 0.0337. The van der Waals surface area contributed by atoms with E-state index in [2.05, 4.69) is 19.2 Å². The number of halogens is 2. The standard InChI is InChI=1S/C18H19ClFNO2/c1-12(2)8-9-23-15-5-3-4-13(10-15)18(22)21-14-6-7-17(20)16(19)11-14/h3-7,10-12H,8-9H2,1-2H3,(H,21,22). The Balaban J connectivity index is 2.02. The van der Waals surface area contributed by atoms with Gasteiger partial charge in [-0.3, -0.25) is 4.79 Å². The van der Waals surface area contributed by atoms with Gasteiger partial charge in [-0.2, -0.15) is 0 Å². The molecule has 0 aliphatic rings. The molecule has 0 bridgehead atoms. The molecule has 0 heterocycles. The molecule has 2 aromatic rings. The first-order valence-electron chi connectivity index (χ1n) is 7.45. The number of anilines is 1. The Morgan fingerprint density at radius 3 is 2.74 bits per heavy atom. The summed E-state index contributed by atoms with van der Waals surface area (Å²) in [6.07, 6.45) is 0.949. The number of benzene rings is 2. The number of ether oxygens (including phenoxy) is 1. The Morgan fingerprint density at radius 2 is 2.04 bits per heavy atom. The van der Waals surface area contributed by atoms with Crippen LogP contribution in [0.5, 0.6) is 5.75 Å². The minimum Gasteiger partial charge on any atom is -0.494 e. The van der Waals surface area contributed by atoms with Gasteiger partial charge in [0.1, 0.15) is 11.6 Å². The molecule has 0 saturated carbocycles. The van der Waals surface area contributed by atoms with Crippen LogP contribution in [-0.4, -0.2) is 12.5 Å². The van der Waals surface area contributed by atoms with E-state index in [0.29, 0.717) is 29.5 Å². The van der Waals surface area contributed by atoms with E-state index in [1.165, 1.54) is 18.2 Å². The summed E-state index contributed by atoms with van der Waals surface area (Å²) in [6, 6.07) is 11.0. The number of hydrogen-bond acceptors (Lipinski definition) is 2. The summed E-state index contributed by atoms with van der Waals surface area (Å²) in [5, 5.41) is 2.65. The number of rotatable bonds is 6. The number of hydrogen-bond donors (Lipinski definition) is 1. The van der Waals surface area contributed by atoms with Gasteiger partial charge in [-0.15, -0.1) is 0 Å². The van der Waals surface area contributed by atoms with Crippen molar-refractivity contribution >= 4 is 23.2 Å². The lowest BCUT2D eigenvalue weighted by Gasteiger charge is -2.10. The molecule has 0 atom stereocenters. The highest BCUT2D eigenvalue weighted by molar-refractivity contribution is 6.31. The number of carbonyl (C=O) groups is 1. The van der Waals surface area contributed by atoms with E-state index >= 15 is 0 Å². The SMILES string of the molecule is CC(C)CCOc1cccc(C(=O)Nc2ccc(F)c(Cl)c2)c1. The predicted octanol–water partition coefficient (Wildman–Crippen LogP) is 5.16. The molecule has 0 aliphatic carbocycles. The molecule has 0 aliphatic heterocycles. The Bertz CT molecular complexity index is 688. The zero-order chi connectivity index (χ0) is 16.8. The average Bonchev–Trinajstić information content (AvgIpc) is 2.51. The van der Waals surface area contributed by atoms with Crippen molar-refractivity contribution in [2.75, 3.05) is 11.9 Å². The van der Waals surface area contributed by atoms with Crippen molar-refractivity contribution in [2.45, 2.75) is 20.3 Å². The van der Waals surface area contributed by atoms with Gasteiger partial charge in [0.15, 0.2) is 0 Å². The van der Waals surface area contributed by atoms with Crippen LogP contribution in [0.3, 0.4) is 0 Å². The van der Waals surface area contributed by atoms with Crippen molar-refractivity contribution in [1.82, 2.24) is 0 Å².